The average Bonchev–Trinajstić information content (AvgIpc) is 2.18. The van der Waals surface area contributed by atoms with Gasteiger partial charge in [0.15, 0.2) is 0 Å². The minimum Gasteiger partial charge on any atom is -0.350 e. The van der Waals surface area contributed by atoms with Crippen LogP contribution in [0.25, 0.3) is 0 Å². The lowest BCUT2D eigenvalue weighted by atomic mass is 9.87. The van der Waals surface area contributed by atoms with Gasteiger partial charge in [-0.1, -0.05) is 6.92 Å². The van der Waals surface area contributed by atoms with Crippen LogP contribution in [0, 0.1) is 11.8 Å². The number of carbonyl (C=O) groups is 1. The first-order chi connectivity index (χ1) is 7.81. The summed E-state index contributed by atoms with van der Waals surface area (Å²) < 4.78 is 0. The fourth-order valence-electron chi connectivity index (χ4n) is 2.34. The summed E-state index contributed by atoms with van der Waals surface area (Å²) in [5.41, 5.74) is 5.62. The number of amides is 1. The molecule has 0 aliphatic carbocycles. The monoisotopic (exact) mass is 241 g/mol. The smallest absolute Gasteiger partial charge is 0.234 e. The Morgan fingerprint density at radius 2 is 2.12 bits per heavy atom. The third-order valence-corrected chi connectivity index (χ3v) is 3.38. The van der Waals surface area contributed by atoms with Crippen LogP contribution < -0.4 is 11.1 Å². The predicted octanol–water partition coefficient (Wildman–Crippen LogP) is 0.818. The van der Waals surface area contributed by atoms with Crippen LogP contribution in [0.15, 0.2) is 0 Å². The van der Waals surface area contributed by atoms with Crippen LogP contribution in [-0.4, -0.2) is 42.5 Å². The van der Waals surface area contributed by atoms with Crippen molar-refractivity contribution < 1.29 is 4.79 Å². The Morgan fingerprint density at radius 3 is 2.65 bits per heavy atom. The second-order valence-electron chi connectivity index (χ2n) is 6.30. The topological polar surface area (TPSA) is 58.4 Å². The lowest BCUT2D eigenvalue weighted by molar-refractivity contribution is -0.124. The molecule has 0 aromatic rings. The van der Waals surface area contributed by atoms with Crippen molar-refractivity contribution in [2.45, 2.75) is 39.7 Å². The first-order valence-electron chi connectivity index (χ1n) is 6.55. The molecule has 0 spiro atoms. The summed E-state index contributed by atoms with van der Waals surface area (Å²) in [7, 11) is 0. The normalized spacial score (nSPS) is 26.9. The molecule has 100 valence electrons. The molecule has 1 amide bonds. The molecule has 1 heterocycles. The molecule has 0 aromatic carbocycles. The van der Waals surface area contributed by atoms with Gasteiger partial charge in [0.2, 0.25) is 5.91 Å². The van der Waals surface area contributed by atoms with E-state index in [1.807, 2.05) is 20.8 Å². The molecule has 2 unspecified atom stereocenters. The summed E-state index contributed by atoms with van der Waals surface area (Å²) in [6.07, 6.45) is 1.14. The molecule has 1 aliphatic rings. The third-order valence-electron chi connectivity index (χ3n) is 3.38. The van der Waals surface area contributed by atoms with Crippen LogP contribution in [0.1, 0.15) is 34.1 Å². The summed E-state index contributed by atoms with van der Waals surface area (Å²) in [6.45, 7) is 11.5. The SMILES string of the molecule is CC1CCN(CC(=O)NC(C)(C)C)CC1CN. The number of nitrogens with two attached hydrogens (primary N) is 1. The summed E-state index contributed by atoms with van der Waals surface area (Å²) >= 11 is 0. The van der Waals surface area contributed by atoms with Crippen molar-refractivity contribution in [2.24, 2.45) is 17.6 Å². The van der Waals surface area contributed by atoms with Crippen LogP contribution in [0.3, 0.4) is 0 Å². The number of carbonyl (C=O) groups excluding carboxylic acids is 1. The minimum absolute atomic E-state index is 0.114. The molecule has 1 fully saturated rings. The van der Waals surface area contributed by atoms with Crippen LogP contribution in [-0.2, 0) is 4.79 Å². The summed E-state index contributed by atoms with van der Waals surface area (Å²) in [6, 6.07) is 0. The Morgan fingerprint density at radius 1 is 1.47 bits per heavy atom. The first-order valence-corrected chi connectivity index (χ1v) is 6.55. The van der Waals surface area contributed by atoms with Gasteiger partial charge in [-0.2, -0.15) is 0 Å². The zero-order valence-corrected chi connectivity index (χ0v) is 11.6. The third kappa shape index (κ3) is 5.04. The average molecular weight is 241 g/mol. The standard InChI is InChI=1S/C13H27N3O/c1-10-5-6-16(8-11(10)7-14)9-12(17)15-13(2,3)4/h10-11H,5-9,14H2,1-4H3,(H,15,17). The lowest BCUT2D eigenvalue weighted by Gasteiger charge is -2.36. The molecule has 0 radical (unpaired) electrons. The molecule has 0 saturated carbocycles. The highest BCUT2D eigenvalue weighted by Gasteiger charge is 2.26. The van der Waals surface area contributed by atoms with Gasteiger partial charge >= 0.3 is 0 Å². The van der Waals surface area contributed by atoms with Crippen molar-refractivity contribution in [2.75, 3.05) is 26.2 Å². The van der Waals surface area contributed by atoms with Crippen LogP contribution >= 0.6 is 0 Å². The van der Waals surface area contributed by atoms with E-state index < -0.39 is 0 Å². The van der Waals surface area contributed by atoms with Gasteiger partial charge in [-0.3, -0.25) is 9.69 Å². The van der Waals surface area contributed by atoms with Crippen LogP contribution in [0.5, 0.6) is 0 Å². The molecular weight excluding hydrogens is 214 g/mol. The molecule has 2 atom stereocenters. The maximum atomic E-state index is 11.8. The summed E-state index contributed by atoms with van der Waals surface area (Å²) in [4.78, 5) is 14.0. The van der Waals surface area contributed by atoms with Crippen LogP contribution in [0.4, 0.5) is 0 Å². The second-order valence-corrected chi connectivity index (χ2v) is 6.30. The van der Waals surface area contributed by atoms with E-state index in [1.54, 1.807) is 0 Å². The fourth-order valence-corrected chi connectivity index (χ4v) is 2.34. The zero-order valence-electron chi connectivity index (χ0n) is 11.6. The highest BCUT2D eigenvalue weighted by atomic mass is 16.2. The number of nitrogens with one attached hydrogen (secondary N) is 1. The van der Waals surface area contributed by atoms with E-state index in [0.717, 1.165) is 26.1 Å². The molecule has 1 aliphatic heterocycles. The number of hydrogen-bond acceptors (Lipinski definition) is 3. The molecule has 1 saturated heterocycles. The van der Waals surface area contributed by atoms with E-state index in [4.69, 9.17) is 5.73 Å². The Kier molecular flexibility index (Phi) is 4.95. The van der Waals surface area contributed by atoms with E-state index >= 15 is 0 Å². The fraction of sp³-hybridized carbons (Fsp3) is 0.923. The molecule has 3 N–H and O–H groups in total. The zero-order chi connectivity index (χ0) is 13.1. The van der Waals surface area contributed by atoms with Gasteiger partial charge in [0, 0.05) is 12.1 Å². The lowest BCUT2D eigenvalue weighted by Crippen LogP contribution is -2.50. The van der Waals surface area contributed by atoms with Gasteiger partial charge in [-0.05, 0) is 52.1 Å². The molecule has 0 bridgehead atoms. The maximum Gasteiger partial charge on any atom is 0.234 e. The Bertz CT molecular complexity index is 260. The van der Waals surface area contributed by atoms with Crippen molar-refractivity contribution in [3.8, 4) is 0 Å². The van der Waals surface area contributed by atoms with Gasteiger partial charge < -0.3 is 11.1 Å². The number of nitrogens with zero attached hydrogens (tertiary/aromatic N) is 1. The number of likely N-dealkylation sites (tertiary alicyclic amines) is 1. The van der Waals surface area contributed by atoms with E-state index in [9.17, 15) is 4.79 Å². The van der Waals surface area contributed by atoms with Gasteiger partial charge in [-0.15, -0.1) is 0 Å². The number of hydrogen-bond donors (Lipinski definition) is 2. The molecule has 17 heavy (non-hydrogen) atoms. The highest BCUT2D eigenvalue weighted by Crippen LogP contribution is 2.21. The number of piperidine rings is 1. The van der Waals surface area contributed by atoms with Crippen molar-refractivity contribution in [3.63, 3.8) is 0 Å². The van der Waals surface area contributed by atoms with E-state index in [-0.39, 0.29) is 11.4 Å². The predicted molar refractivity (Wildman–Crippen MR) is 70.7 cm³/mol. The van der Waals surface area contributed by atoms with Gasteiger partial charge in [-0.25, -0.2) is 0 Å². The quantitative estimate of drug-likeness (QED) is 0.769. The summed E-state index contributed by atoms with van der Waals surface area (Å²) in [5, 5.41) is 3.00. The molecule has 0 aromatic heterocycles. The molecule has 1 rings (SSSR count). The minimum atomic E-state index is -0.145. The molecule has 4 heteroatoms. The Labute approximate surface area is 105 Å². The largest absolute Gasteiger partial charge is 0.350 e. The summed E-state index contributed by atoms with van der Waals surface area (Å²) in [5.74, 6) is 1.33. The van der Waals surface area contributed by atoms with E-state index in [0.29, 0.717) is 18.4 Å². The Balaban J connectivity index is 2.40. The van der Waals surface area contributed by atoms with Gasteiger partial charge in [0.1, 0.15) is 0 Å². The van der Waals surface area contributed by atoms with Crippen LogP contribution in [0.2, 0.25) is 0 Å². The van der Waals surface area contributed by atoms with E-state index in [2.05, 4.69) is 17.1 Å². The second kappa shape index (κ2) is 5.83. The maximum absolute atomic E-state index is 11.8. The molecule has 4 nitrogen and oxygen atoms in total. The van der Waals surface area contributed by atoms with E-state index in [1.165, 1.54) is 0 Å². The number of rotatable bonds is 3. The van der Waals surface area contributed by atoms with Crippen molar-refractivity contribution in [1.29, 1.82) is 0 Å². The Hall–Kier alpha value is -0.610. The van der Waals surface area contributed by atoms with Crippen molar-refractivity contribution in [1.82, 2.24) is 10.2 Å². The first kappa shape index (κ1) is 14.5. The van der Waals surface area contributed by atoms with Gasteiger partial charge in [0.25, 0.3) is 0 Å². The van der Waals surface area contributed by atoms with Crippen molar-refractivity contribution >= 4 is 5.91 Å². The van der Waals surface area contributed by atoms with Crippen molar-refractivity contribution in [3.05, 3.63) is 0 Å². The molecular formula is C13H27N3O. The van der Waals surface area contributed by atoms with Gasteiger partial charge in [0.05, 0.1) is 6.54 Å². The highest BCUT2D eigenvalue weighted by molar-refractivity contribution is 5.78.